The summed E-state index contributed by atoms with van der Waals surface area (Å²) in [7, 11) is 0. The zero-order chi connectivity index (χ0) is 13.1. The van der Waals surface area contributed by atoms with Crippen LogP contribution in [0.3, 0.4) is 0 Å². The molecule has 2 atom stereocenters. The molecule has 1 nitrogen and oxygen atoms in total. The third-order valence-electron chi connectivity index (χ3n) is 4.58. The van der Waals surface area contributed by atoms with Crippen molar-refractivity contribution in [1.29, 1.82) is 0 Å². The highest BCUT2D eigenvalue weighted by Crippen LogP contribution is 2.43. The van der Waals surface area contributed by atoms with Crippen molar-refractivity contribution in [2.24, 2.45) is 5.92 Å². The van der Waals surface area contributed by atoms with E-state index < -0.39 is 0 Å². The van der Waals surface area contributed by atoms with Gasteiger partial charge in [-0.1, -0.05) is 39.0 Å². The van der Waals surface area contributed by atoms with E-state index in [1.165, 1.54) is 51.5 Å². The van der Waals surface area contributed by atoms with E-state index in [-0.39, 0.29) is 0 Å². The molecule has 0 aromatic carbocycles. The van der Waals surface area contributed by atoms with Crippen LogP contribution in [0.1, 0.15) is 63.5 Å². The molecule has 1 aliphatic carbocycles. The van der Waals surface area contributed by atoms with E-state index in [9.17, 15) is 0 Å². The van der Waals surface area contributed by atoms with E-state index in [0.29, 0.717) is 6.04 Å². The average molecular weight is 296 g/mol. The molecule has 0 radical (unpaired) electrons. The summed E-state index contributed by atoms with van der Waals surface area (Å²) in [6, 6.07) is 2.94. The van der Waals surface area contributed by atoms with Crippen molar-refractivity contribution in [3.05, 3.63) is 17.0 Å². The topological polar surface area (TPSA) is 12.0 Å². The van der Waals surface area contributed by atoms with E-state index in [2.05, 4.69) is 35.4 Å². The van der Waals surface area contributed by atoms with Gasteiger partial charge in [-0.3, -0.25) is 0 Å². The maximum absolute atomic E-state index is 3.83. The molecular weight excluding hydrogens is 270 g/mol. The fraction of sp³-hybridized carbons (Fsp3) is 0.750. The number of rotatable bonds is 4. The first-order valence-electron chi connectivity index (χ1n) is 7.80. The minimum absolute atomic E-state index is 0.612. The number of nitrogens with one attached hydrogen (secondary N) is 1. The molecule has 1 aromatic rings. The second-order valence-electron chi connectivity index (χ2n) is 6.13. The second-order valence-corrected chi connectivity index (χ2v) is 8.75. The summed E-state index contributed by atoms with van der Waals surface area (Å²) in [5.74, 6) is 0.999. The summed E-state index contributed by atoms with van der Waals surface area (Å²) >= 11 is 3.98. The molecule has 106 valence electrons. The van der Waals surface area contributed by atoms with Gasteiger partial charge in [-0.25, -0.2) is 0 Å². The molecule has 1 aliphatic heterocycles. The molecule has 0 amide bonds. The van der Waals surface area contributed by atoms with Crippen molar-refractivity contribution in [3.8, 4) is 0 Å². The molecular formula is C16H25NS2. The molecule has 2 heterocycles. The van der Waals surface area contributed by atoms with Gasteiger partial charge in [-0.05, 0) is 42.3 Å². The minimum Gasteiger partial charge on any atom is -0.310 e. The van der Waals surface area contributed by atoms with Crippen LogP contribution in [0.4, 0.5) is 0 Å². The Hall–Kier alpha value is 0.01000. The monoisotopic (exact) mass is 295 g/mol. The third-order valence-corrected chi connectivity index (χ3v) is 6.92. The summed E-state index contributed by atoms with van der Waals surface area (Å²) in [6.07, 6.45) is 10.0. The van der Waals surface area contributed by atoms with Crippen molar-refractivity contribution in [3.63, 3.8) is 0 Å². The fourth-order valence-corrected chi connectivity index (χ4v) is 6.05. The first-order valence-corrected chi connectivity index (χ1v) is 9.56. The molecule has 1 fully saturated rings. The van der Waals surface area contributed by atoms with Gasteiger partial charge in [0, 0.05) is 11.3 Å². The Morgan fingerprint density at radius 1 is 1.26 bits per heavy atom. The summed E-state index contributed by atoms with van der Waals surface area (Å²) < 4.78 is 1.55. The minimum atomic E-state index is 0.612. The SMILES string of the molecule is C[C@H]1CC(NCCC2CCCCC2)c2ccsc2S1. The largest absolute Gasteiger partial charge is 0.310 e. The third kappa shape index (κ3) is 3.56. The molecule has 3 rings (SSSR count). The van der Waals surface area contributed by atoms with Crippen molar-refractivity contribution in [1.82, 2.24) is 5.32 Å². The highest BCUT2D eigenvalue weighted by Gasteiger charge is 2.26. The van der Waals surface area contributed by atoms with Gasteiger partial charge in [0.1, 0.15) is 0 Å². The smallest absolute Gasteiger partial charge is 0.0649 e. The Labute approximate surface area is 125 Å². The van der Waals surface area contributed by atoms with Gasteiger partial charge in [-0.15, -0.1) is 23.1 Å². The average Bonchev–Trinajstić information content (AvgIpc) is 2.88. The van der Waals surface area contributed by atoms with Crippen LogP contribution >= 0.6 is 23.1 Å². The zero-order valence-corrected chi connectivity index (χ0v) is 13.5. The van der Waals surface area contributed by atoms with Crippen LogP contribution in [-0.2, 0) is 0 Å². The molecule has 1 unspecified atom stereocenters. The highest BCUT2D eigenvalue weighted by atomic mass is 32.2. The number of thiophene rings is 1. The van der Waals surface area contributed by atoms with Gasteiger partial charge in [0.05, 0.1) is 4.21 Å². The highest BCUT2D eigenvalue weighted by molar-refractivity contribution is 8.01. The number of hydrogen-bond acceptors (Lipinski definition) is 3. The normalized spacial score (nSPS) is 28.3. The lowest BCUT2D eigenvalue weighted by molar-refractivity contribution is 0.325. The Kier molecular flexibility index (Phi) is 4.88. The summed E-state index contributed by atoms with van der Waals surface area (Å²) in [6.45, 7) is 3.57. The van der Waals surface area contributed by atoms with Crippen molar-refractivity contribution in [2.45, 2.75) is 67.4 Å². The maximum Gasteiger partial charge on any atom is 0.0649 e. The van der Waals surface area contributed by atoms with Crippen LogP contribution in [-0.4, -0.2) is 11.8 Å². The van der Waals surface area contributed by atoms with Crippen LogP contribution in [0.2, 0.25) is 0 Å². The Balaban J connectivity index is 1.50. The molecule has 0 spiro atoms. The molecule has 1 saturated carbocycles. The van der Waals surface area contributed by atoms with E-state index in [1.54, 1.807) is 9.77 Å². The lowest BCUT2D eigenvalue weighted by Gasteiger charge is -2.29. The number of hydrogen-bond donors (Lipinski definition) is 1. The Morgan fingerprint density at radius 2 is 2.11 bits per heavy atom. The molecule has 0 saturated heterocycles. The van der Waals surface area contributed by atoms with Crippen molar-refractivity contribution in [2.75, 3.05) is 6.54 Å². The van der Waals surface area contributed by atoms with Crippen LogP contribution in [0, 0.1) is 5.92 Å². The first kappa shape index (κ1) is 14.0. The molecule has 0 bridgehead atoms. The van der Waals surface area contributed by atoms with Gasteiger partial charge < -0.3 is 5.32 Å². The Bertz CT molecular complexity index is 395. The van der Waals surface area contributed by atoms with E-state index in [4.69, 9.17) is 0 Å². The molecule has 2 aliphatic rings. The van der Waals surface area contributed by atoms with Crippen molar-refractivity contribution < 1.29 is 0 Å². The van der Waals surface area contributed by atoms with Gasteiger partial charge in [0.2, 0.25) is 0 Å². The predicted molar refractivity (Wildman–Crippen MR) is 86.2 cm³/mol. The van der Waals surface area contributed by atoms with E-state index in [0.717, 1.165) is 11.2 Å². The lowest BCUT2D eigenvalue weighted by atomic mass is 9.87. The van der Waals surface area contributed by atoms with Gasteiger partial charge >= 0.3 is 0 Å². The molecule has 1 N–H and O–H groups in total. The summed E-state index contributed by atoms with van der Waals surface area (Å²) in [4.78, 5) is 0. The lowest BCUT2D eigenvalue weighted by Crippen LogP contribution is -2.28. The Morgan fingerprint density at radius 3 is 2.95 bits per heavy atom. The molecule has 19 heavy (non-hydrogen) atoms. The quantitative estimate of drug-likeness (QED) is 0.816. The summed E-state index contributed by atoms with van der Waals surface area (Å²) in [5, 5.41) is 6.85. The van der Waals surface area contributed by atoms with Crippen LogP contribution in [0.15, 0.2) is 15.7 Å². The van der Waals surface area contributed by atoms with Crippen LogP contribution in [0.5, 0.6) is 0 Å². The first-order chi connectivity index (χ1) is 9.33. The summed E-state index contributed by atoms with van der Waals surface area (Å²) in [5.41, 5.74) is 1.57. The van der Waals surface area contributed by atoms with Gasteiger partial charge in [0.25, 0.3) is 0 Å². The molecule has 1 aromatic heterocycles. The predicted octanol–water partition coefficient (Wildman–Crippen LogP) is 5.23. The van der Waals surface area contributed by atoms with Crippen LogP contribution in [0.25, 0.3) is 0 Å². The maximum atomic E-state index is 3.83. The number of fused-ring (bicyclic) bond motifs is 1. The van der Waals surface area contributed by atoms with Gasteiger partial charge in [0.15, 0.2) is 0 Å². The standard InChI is InChI=1S/C16H25NS2/c1-12-11-15(14-8-10-18-16(14)19-12)17-9-7-13-5-3-2-4-6-13/h8,10,12-13,15,17H,2-7,9,11H2,1H3/t12-,15?/m0/s1. The number of thioether (sulfide) groups is 1. The molecule has 3 heteroatoms. The fourth-order valence-electron chi connectivity index (χ4n) is 3.48. The van der Waals surface area contributed by atoms with Crippen molar-refractivity contribution >= 4 is 23.1 Å². The van der Waals surface area contributed by atoms with E-state index >= 15 is 0 Å². The van der Waals surface area contributed by atoms with E-state index in [1.807, 2.05) is 11.3 Å². The second kappa shape index (κ2) is 6.64. The van der Waals surface area contributed by atoms with Crippen LogP contribution < -0.4 is 5.32 Å². The van der Waals surface area contributed by atoms with Gasteiger partial charge in [-0.2, -0.15) is 0 Å². The zero-order valence-electron chi connectivity index (χ0n) is 11.9.